The van der Waals surface area contributed by atoms with Gasteiger partial charge >= 0.3 is 0 Å². The maximum absolute atomic E-state index is 11.4. The zero-order chi connectivity index (χ0) is 11.1. The fourth-order valence-corrected chi connectivity index (χ4v) is 3.17. The van der Waals surface area contributed by atoms with Crippen molar-refractivity contribution >= 4 is 16.1 Å². The minimum Gasteiger partial charge on any atom is -0.296 e. The summed E-state index contributed by atoms with van der Waals surface area (Å²) in [6.07, 6.45) is 1.17. The SMILES string of the molecule is CCn1nc2c(c1C=O)CCS(=O)(=O)C2. The first-order valence-corrected chi connectivity index (χ1v) is 6.63. The zero-order valence-electron chi connectivity index (χ0n) is 8.43. The van der Waals surface area contributed by atoms with Crippen LogP contribution in [-0.2, 0) is 28.6 Å². The molecule has 0 spiro atoms. The Morgan fingerprint density at radius 2 is 2.27 bits per heavy atom. The molecule has 0 atom stereocenters. The lowest BCUT2D eigenvalue weighted by Crippen LogP contribution is -2.18. The second-order valence-electron chi connectivity index (χ2n) is 3.59. The van der Waals surface area contributed by atoms with Crippen molar-refractivity contribution in [1.82, 2.24) is 9.78 Å². The van der Waals surface area contributed by atoms with Gasteiger partial charge in [-0.3, -0.25) is 9.48 Å². The molecule has 2 heterocycles. The molecule has 0 saturated carbocycles. The molecular formula is C9H12N2O3S. The average molecular weight is 228 g/mol. The van der Waals surface area contributed by atoms with Gasteiger partial charge in [-0.15, -0.1) is 0 Å². The maximum Gasteiger partial charge on any atom is 0.168 e. The summed E-state index contributed by atoms with van der Waals surface area (Å²) in [5.41, 5.74) is 1.88. The molecule has 15 heavy (non-hydrogen) atoms. The van der Waals surface area contributed by atoms with Gasteiger partial charge in [-0.05, 0) is 13.3 Å². The normalized spacial score (nSPS) is 18.5. The van der Waals surface area contributed by atoms with E-state index in [0.717, 1.165) is 11.8 Å². The number of carbonyl (C=O) groups excluding carboxylic acids is 1. The predicted molar refractivity (Wildman–Crippen MR) is 54.5 cm³/mol. The number of carbonyl (C=O) groups is 1. The summed E-state index contributed by atoms with van der Waals surface area (Å²) >= 11 is 0. The highest BCUT2D eigenvalue weighted by atomic mass is 32.2. The summed E-state index contributed by atoms with van der Waals surface area (Å²) in [6, 6.07) is 0. The Hall–Kier alpha value is -1.17. The van der Waals surface area contributed by atoms with Gasteiger partial charge in [0, 0.05) is 12.1 Å². The lowest BCUT2D eigenvalue weighted by atomic mass is 10.1. The van der Waals surface area contributed by atoms with E-state index in [2.05, 4.69) is 5.10 Å². The van der Waals surface area contributed by atoms with Crippen molar-refractivity contribution in [2.45, 2.75) is 25.6 Å². The van der Waals surface area contributed by atoms with Crippen LogP contribution in [0.2, 0.25) is 0 Å². The Labute approximate surface area is 88.0 Å². The number of hydrogen-bond donors (Lipinski definition) is 0. The molecular weight excluding hydrogens is 216 g/mol. The van der Waals surface area contributed by atoms with E-state index in [-0.39, 0.29) is 11.5 Å². The number of aromatic nitrogens is 2. The lowest BCUT2D eigenvalue weighted by molar-refractivity contribution is 0.111. The van der Waals surface area contributed by atoms with E-state index in [1.54, 1.807) is 4.68 Å². The number of nitrogens with zero attached hydrogens (tertiary/aromatic N) is 2. The minimum absolute atomic E-state index is 0.0316. The van der Waals surface area contributed by atoms with Gasteiger partial charge < -0.3 is 0 Å². The van der Waals surface area contributed by atoms with Crippen LogP contribution in [-0.4, -0.2) is 30.2 Å². The topological polar surface area (TPSA) is 69.0 Å². The van der Waals surface area contributed by atoms with E-state index in [9.17, 15) is 13.2 Å². The molecule has 0 aliphatic carbocycles. The van der Waals surface area contributed by atoms with Crippen molar-refractivity contribution in [1.29, 1.82) is 0 Å². The third kappa shape index (κ3) is 1.69. The number of fused-ring (bicyclic) bond motifs is 1. The first-order chi connectivity index (χ1) is 7.07. The molecule has 1 aliphatic heterocycles. The standard InChI is InChI=1S/C9H12N2O3S/c1-2-11-9(5-12)7-3-4-15(13,14)6-8(7)10-11/h5H,2-4,6H2,1H3. The third-order valence-corrected chi connectivity index (χ3v) is 4.15. The largest absolute Gasteiger partial charge is 0.296 e. The smallest absolute Gasteiger partial charge is 0.168 e. The van der Waals surface area contributed by atoms with Gasteiger partial charge in [0.1, 0.15) is 5.69 Å². The van der Waals surface area contributed by atoms with Crippen molar-refractivity contribution in [2.75, 3.05) is 5.75 Å². The van der Waals surface area contributed by atoms with Gasteiger partial charge in [-0.1, -0.05) is 0 Å². The summed E-state index contributed by atoms with van der Waals surface area (Å²) < 4.78 is 24.3. The first kappa shape index (κ1) is 10.4. The van der Waals surface area contributed by atoms with Crippen LogP contribution in [0.1, 0.15) is 28.7 Å². The van der Waals surface area contributed by atoms with Gasteiger partial charge in [-0.25, -0.2) is 8.42 Å². The van der Waals surface area contributed by atoms with Crippen LogP contribution in [0.5, 0.6) is 0 Å². The van der Waals surface area contributed by atoms with E-state index in [4.69, 9.17) is 0 Å². The third-order valence-electron chi connectivity index (χ3n) is 2.61. The maximum atomic E-state index is 11.4. The molecule has 1 aromatic rings. The molecule has 5 nitrogen and oxygen atoms in total. The van der Waals surface area contributed by atoms with Crippen molar-refractivity contribution in [3.8, 4) is 0 Å². The molecule has 0 fully saturated rings. The highest BCUT2D eigenvalue weighted by molar-refractivity contribution is 7.90. The first-order valence-electron chi connectivity index (χ1n) is 4.81. The Morgan fingerprint density at radius 1 is 1.53 bits per heavy atom. The summed E-state index contributed by atoms with van der Waals surface area (Å²) in [6.45, 7) is 2.46. The summed E-state index contributed by atoms with van der Waals surface area (Å²) in [4.78, 5) is 10.9. The van der Waals surface area contributed by atoms with Gasteiger partial charge in [0.15, 0.2) is 16.1 Å². The lowest BCUT2D eigenvalue weighted by Gasteiger charge is -2.10. The highest BCUT2D eigenvalue weighted by Crippen LogP contribution is 2.22. The molecule has 0 radical (unpaired) electrons. The van der Waals surface area contributed by atoms with Crippen LogP contribution >= 0.6 is 0 Å². The van der Waals surface area contributed by atoms with E-state index >= 15 is 0 Å². The molecule has 82 valence electrons. The second-order valence-corrected chi connectivity index (χ2v) is 5.77. The van der Waals surface area contributed by atoms with E-state index in [0.29, 0.717) is 24.4 Å². The molecule has 1 aromatic heterocycles. The number of sulfone groups is 1. The van der Waals surface area contributed by atoms with Crippen molar-refractivity contribution < 1.29 is 13.2 Å². The Morgan fingerprint density at radius 3 is 2.87 bits per heavy atom. The summed E-state index contributed by atoms with van der Waals surface area (Å²) in [5, 5.41) is 4.14. The zero-order valence-corrected chi connectivity index (χ0v) is 9.25. The molecule has 0 saturated heterocycles. The van der Waals surface area contributed by atoms with Crippen LogP contribution < -0.4 is 0 Å². The van der Waals surface area contributed by atoms with Crippen molar-refractivity contribution in [2.24, 2.45) is 0 Å². The number of aryl methyl sites for hydroxylation is 1. The monoisotopic (exact) mass is 228 g/mol. The van der Waals surface area contributed by atoms with Crippen LogP contribution in [0.15, 0.2) is 0 Å². The quantitative estimate of drug-likeness (QED) is 0.677. The fraction of sp³-hybridized carbons (Fsp3) is 0.556. The molecule has 0 aromatic carbocycles. The molecule has 2 rings (SSSR count). The number of hydrogen-bond acceptors (Lipinski definition) is 4. The molecule has 0 amide bonds. The van der Waals surface area contributed by atoms with Gasteiger partial charge in [0.2, 0.25) is 0 Å². The Bertz CT molecular complexity index is 502. The Kier molecular flexibility index (Phi) is 2.38. The second kappa shape index (κ2) is 3.44. The van der Waals surface area contributed by atoms with Crippen molar-refractivity contribution in [3.63, 3.8) is 0 Å². The molecule has 0 bridgehead atoms. The number of aldehydes is 1. The van der Waals surface area contributed by atoms with Crippen LogP contribution in [0.3, 0.4) is 0 Å². The van der Waals surface area contributed by atoms with Crippen molar-refractivity contribution in [3.05, 3.63) is 17.0 Å². The predicted octanol–water partition coefficient (Wildman–Crippen LogP) is 0.186. The van der Waals surface area contributed by atoms with E-state index < -0.39 is 9.84 Å². The molecule has 0 unspecified atom stereocenters. The van der Waals surface area contributed by atoms with E-state index in [1.807, 2.05) is 6.92 Å². The minimum atomic E-state index is -3.01. The van der Waals surface area contributed by atoms with Gasteiger partial charge in [0.05, 0.1) is 17.2 Å². The van der Waals surface area contributed by atoms with Crippen LogP contribution in [0, 0.1) is 0 Å². The highest BCUT2D eigenvalue weighted by Gasteiger charge is 2.27. The van der Waals surface area contributed by atoms with Gasteiger partial charge in [-0.2, -0.15) is 5.10 Å². The van der Waals surface area contributed by atoms with Gasteiger partial charge in [0.25, 0.3) is 0 Å². The molecule has 0 N–H and O–H groups in total. The van der Waals surface area contributed by atoms with E-state index in [1.165, 1.54) is 0 Å². The summed E-state index contributed by atoms with van der Waals surface area (Å²) in [7, 11) is -3.01. The average Bonchev–Trinajstić information content (AvgIpc) is 2.52. The molecule has 1 aliphatic rings. The molecule has 6 heteroatoms. The summed E-state index contributed by atoms with van der Waals surface area (Å²) in [5.74, 6) is 0.0897. The van der Waals surface area contributed by atoms with Crippen LogP contribution in [0.25, 0.3) is 0 Å². The Balaban J connectivity index is 2.55. The van der Waals surface area contributed by atoms with Crippen LogP contribution in [0.4, 0.5) is 0 Å². The fourth-order valence-electron chi connectivity index (χ4n) is 1.86. The number of rotatable bonds is 2.